The Balaban J connectivity index is 1.40. The van der Waals surface area contributed by atoms with Crippen LogP contribution in [0.4, 0.5) is 0 Å². The van der Waals surface area contributed by atoms with Crippen LogP contribution in [0.2, 0.25) is 0 Å². The highest BCUT2D eigenvalue weighted by Crippen LogP contribution is 2.42. The first-order valence-corrected chi connectivity index (χ1v) is 22.7. The van der Waals surface area contributed by atoms with E-state index in [0.29, 0.717) is 39.1 Å². The van der Waals surface area contributed by atoms with Crippen molar-refractivity contribution in [2.75, 3.05) is 54.0 Å². The number of likely N-dealkylation sites (N-methyl/N-ethyl adjacent to an activating group) is 1. The highest BCUT2D eigenvalue weighted by molar-refractivity contribution is 5.96. The topological polar surface area (TPSA) is 138 Å². The molecule has 2 saturated heterocycles. The molecule has 2 N–H and O–H groups in total. The predicted octanol–water partition coefficient (Wildman–Crippen LogP) is 6.43. The van der Waals surface area contributed by atoms with Crippen molar-refractivity contribution in [2.45, 2.75) is 98.4 Å². The second kappa shape index (κ2) is 21.4. The molecule has 342 valence electrons. The van der Waals surface area contributed by atoms with E-state index in [4.69, 9.17) is 14.5 Å². The number of fused-ring (bicyclic) bond motifs is 1. The van der Waals surface area contributed by atoms with Crippen LogP contribution in [0.5, 0.6) is 0 Å². The van der Waals surface area contributed by atoms with Gasteiger partial charge in [-0.1, -0.05) is 63.9 Å². The average molecular weight is 874 g/mol. The molecule has 0 radical (unpaired) electrons. The molecule has 0 spiro atoms. The zero-order chi connectivity index (χ0) is 46.1. The Morgan fingerprint density at radius 3 is 2.52 bits per heavy atom. The molecule has 0 aliphatic carbocycles. The molecule has 13 nitrogen and oxygen atoms in total. The van der Waals surface area contributed by atoms with Gasteiger partial charge in [-0.2, -0.15) is 0 Å². The number of nitrogens with zero attached hydrogens (tertiary/aromatic N) is 5. The quantitative estimate of drug-likeness (QED) is 0.0856. The number of hydrogen-bond donors (Lipinski definition) is 2. The molecule has 3 amide bonds. The van der Waals surface area contributed by atoms with Crippen LogP contribution in [0, 0.1) is 29.1 Å². The number of hydrazine groups is 1. The van der Waals surface area contributed by atoms with E-state index in [2.05, 4.69) is 82.3 Å². The highest BCUT2D eigenvalue weighted by atomic mass is 16.5. The first kappa shape index (κ1) is 47.9. The second-order valence-corrected chi connectivity index (χ2v) is 18.6. The summed E-state index contributed by atoms with van der Waals surface area (Å²) in [6.45, 7) is 15.8. The first-order chi connectivity index (χ1) is 30.7. The maximum absolute atomic E-state index is 14.3. The van der Waals surface area contributed by atoms with Crippen LogP contribution < -0.4 is 10.7 Å². The number of rotatable bonds is 18. The molecule has 3 unspecified atom stereocenters. The molecular weight excluding hydrogens is 807 g/mol. The molecule has 0 bridgehead atoms. The summed E-state index contributed by atoms with van der Waals surface area (Å²) in [7, 11) is 5.40. The lowest BCUT2D eigenvalue weighted by Gasteiger charge is -2.35. The monoisotopic (exact) mass is 874 g/mol. The van der Waals surface area contributed by atoms with Crippen LogP contribution in [0.15, 0.2) is 60.8 Å². The van der Waals surface area contributed by atoms with Gasteiger partial charge in [-0.25, -0.2) is 5.43 Å². The fourth-order valence-corrected chi connectivity index (χ4v) is 9.38. The molecule has 4 heterocycles. The van der Waals surface area contributed by atoms with Gasteiger partial charge in [0.15, 0.2) is 0 Å². The standard InChI is InChI=1S/C51H67N7O6/c1-10-11-24-57-44-20-19-38(29-41(44)42(30-51(5,6)32-64-33-59)47(57)40-18-15-22-52-45(40)35(4)63-9)37-17-14-16-36(27-37)28-43(50(62)58-25-13-12-23-53-58)54-48(60)46(34(2)3)56(8)49(61)39-21-26-55(7)31-39/h14-20,22,27,29,33-35,39,43,46,53H,12-13,21,23-26,28,30-32H2,1-9H3,(H,54,60)/t35?,39-,43?,46?/m0/s1. The van der Waals surface area contributed by atoms with Crippen molar-refractivity contribution in [2.24, 2.45) is 17.3 Å². The van der Waals surface area contributed by atoms with Crippen LogP contribution in [0.3, 0.4) is 0 Å². The van der Waals surface area contributed by atoms with Gasteiger partial charge < -0.3 is 29.2 Å². The normalized spacial score (nSPS) is 17.1. The number of nitrogens with one attached hydrogen (secondary N) is 2. The molecule has 13 heteroatoms. The first-order valence-electron chi connectivity index (χ1n) is 22.7. The molecule has 2 aromatic heterocycles. The van der Waals surface area contributed by atoms with Gasteiger partial charge >= 0.3 is 0 Å². The van der Waals surface area contributed by atoms with Gasteiger partial charge in [0.2, 0.25) is 11.8 Å². The number of amides is 3. The van der Waals surface area contributed by atoms with Crippen LogP contribution in [0.25, 0.3) is 33.3 Å². The van der Waals surface area contributed by atoms with Gasteiger partial charge in [-0.05, 0) is 106 Å². The van der Waals surface area contributed by atoms with Gasteiger partial charge in [-0.15, -0.1) is 5.92 Å². The summed E-state index contributed by atoms with van der Waals surface area (Å²) in [5.41, 5.74) is 10.4. The summed E-state index contributed by atoms with van der Waals surface area (Å²) < 4.78 is 13.4. The lowest BCUT2D eigenvalue weighted by atomic mass is 9.84. The Morgan fingerprint density at radius 2 is 1.84 bits per heavy atom. The minimum atomic E-state index is -0.875. The Labute approximate surface area is 379 Å². The summed E-state index contributed by atoms with van der Waals surface area (Å²) >= 11 is 0. The van der Waals surface area contributed by atoms with Crippen LogP contribution >= 0.6 is 0 Å². The molecule has 64 heavy (non-hydrogen) atoms. The van der Waals surface area contributed by atoms with Crippen LogP contribution in [-0.2, 0) is 48.0 Å². The van der Waals surface area contributed by atoms with Crippen molar-refractivity contribution in [3.63, 3.8) is 0 Å². The largest absolute Gasteiger partial charge is 0.467 e. The third-order valence-corrected chi connectivity index (χ3v) is 12.7. The fourth-order valence-electron chi connectivity index (χ4n) is 9.38. The Kier molecular flexibility index (Phi) is 16.0. The van der Waals surface area contributed by atoms with Crippen molar-refractivity contribution in [3.05, 3.63) is 77.6 Å². The number of pyridine rings is 1. The lowest BCUT2D eigenvalue weighted by molar-refractivity contribution is -0.145. The smallest absolute Gasteiger partial charge is 0.293 e. The Morgan fingerprint density at radius 1 is 1.06 bits per heavy atom. The number of likely N-dealkylation sites (tertiary alicyclic amines) is 1. The van der Waals surface area contributed by atoms with E-state index >= 15 is 0 Å². The van der Waals surface area contributed by atoms with E-state index in [-0.39, 0.29) is 48.7 Å². The van der Waals surface area contributed by atoms with E-state index in [1.165, 1.54) is 0 Å². The number of ether oxygens (including phenoxy) is 2. The minimum Gasteiger partial charge on any atom is -0.467 e. The SMILES string of the molecule is CC#CCn1c(-c2cccnc2C(C)OC)c(CC(C)(C)COC=O)c2cc(-c3cccc(CC(NC(=O)C(C(C)C)N(C)C(=O)[C@H]4CCN(C)C4)C(=O)N4CCCCN4)c3)ccc21. The molecular formula is C51H67N7O6. The van der Waals surface area contributed by atoms with Crippen molar-refractivity contribution in [1.82, 2.24) is 35.1 Å². The van der Waals surface area contributed by atoms with Crippen molar-refractivity contribution < 1.29 is 28.7 Å². The van der Waals surface area contributed by atoms with Crippen LogP contribution in [-0.4, -0.2) is 115 Å². The van der Waals surface area contributed by atoms with Crippen molar-refractivity contribution >= 4 is 35.1 Å². The second-order valence-electron chi connectivity index (χ2n) is 18.6. The molecule has 0 saturated carbocycles. The fraction of sp³-hybridized carbons (Fsp3) is 0.510. The van der Waals surface area contributed by atoms with E-state index in [0.717, 1.165) is 75.9 Å². The van der Waals surface area contributed by atoms with Gasteiger partial charge in [0.25, 0.3) is 12.4 Å². The molecule has 2 fully saturated rings. The van der Waals surface area contributed by atoms with E-state index < -0.39 is 17.5 Å². The van der Waals surface area contributed by atoms with Gasteiger partial charge in [0.1, 0.15) is 12.1 Å². The number of methoxy groups -OCH3 is 1. The molecule has 2 aliphatic heterocycles. The summed E-state index contributed by atoms with van der Waals surface area (Å²) in [5.74, 6) is 5.45. The molecule has 2 aliphatic rings. The molecule has 2 aromatic carbocycles. The lowest BCUT2D eigenvalue weighted by Crippen LogP contribution is -2.59. The van der Waals surface area contributed by atoms with Crippen molar-refractivity contribution in [3.8, 4) is 34.2 Å². The molecule has 4 aromatic rings. The third kappa shape index (κ3) is 11.0. The zero-order valence-electron chi connectivity index (χ0n) is 39.2. The third-order valence-electron chi connectivity index (χ3n) is 12.7. The predicted molar refractivity (Wildman–Crippen MR) is 251 cm³/mol. The van der Waals surface area contributed by atoms with Gasteiger partial charge in [0.05, 0.1) is 36.6 Å². The van der Waals surface area contributed by atoms with Gasteiger partial charge in [0, 0.05) is 68.3 Å². The maximum atomic E-state index is 14.3. The number of benzene rings is 2. The zero-order valence-corrected chi connectivity index (χ0v) is 39.2. The number of carbonyl (C=O) groups excluding carboxylic acids is 4. The summed E-state index contributed by atoms with van der Waals surface area (Å²) in [5, 5.41) is 5.80. The Bertz CT molecular complexity index is 2360. The average Bonchev–Trinajstić information content (AvgIpc) is 3.86. The number of aromatic nitrogens is 2. The number of hydrogen-bond acceptors (Lipinski definition) is 9. The highest BCUT2D eigenvalue weighted by Gasteiger charge is 2.38. The summed E-state index contributed by atoms with van der Waals surface area (Å²) in [4.78, 5) is 62.2. The van der Waals surface area contributed by atoms with Crippen molar-refractivity contribution in [1.29, 1.82) is 0 Å². The Hall–Kier alpha value is -5.55. The maximum Gasteiger partial charge on any atom is 0.293 e. The molecule has 6 rings (SSSR count). The van der Waals surface area contributed by atoms with E-state index in [1.54, 1.807) is 30.3 Å². The number of carbonyl (C=O) groups is 4. The summed E-state index contributed by atoms with van der Waals surface area (Å²) in [6.07, 6.45) is 4.93. The summed E-state index contributed by atoms with van der Waals surface area (Å²) in [6, 6.07) is 17.0. The minimum absolute atomic E-state index is 0.0457. The van der Waals surface area contributed by atoms with E-state index in [9.17, 15) is 19.2 Å². The van der Waals surface area contributed by atoms with E-state index in [1.807, 2.05) is 52.9 Å². The molecule has 4 atom stereocenters. The van der Waals surface area contributed by atoms with Gasteiger partial charge in [-0.3, -0.25) is 29.2 Å². The van der Waals surface area contributed by atoms with Crippen LogP contribution in [0.1, 0.15) is 83.7 Å².